The summed E-state index contributed by atoms with van der Waals surface area (Å²) in [4.78, 5) is 22.7. The first-order valence-corrected chi connectivity index (χ1v) is 7.28. The van der Waals surface area contributed by atoms with Gasteiger partial charge in [-0.3, -0.25) is 14.9 Å². The second-order valence-corrected chi connectivity index (χ2v) is 5.13. The van der Waals surface area contributed by atoms with E-state index in [4.69, 9.17) is 9.47 Å². The van der Waals surface area contributed by atoms with E-state index in [0.29, 0.717) is 22.7 Å². The lowest BCUT2D eigenvalue weighted by Crippen LogP contribution is -2.30. The van der Waals surface area contributed by atoms with Crippen molar-refractivity contribution in [3.8, 4) is 11.5 Å². The van der Waals surface area contributed by atoms with Gasteiger partial charge in [-0.1, -0.05) is 6.07 Å². The average molecular weight is 330 g/mol. The zero-order chi connectivity index (χ0) is 17.7. The summed E-state index contributed by atoms with van der Waals surface area (Å²) in [6.07, 6.45) is -0.767. The van der Waals surface area contributed by atoms with Gasteiger partial charge in [0.05, 0.1) is 23.3 Å². The van der Waals surface area contributed by atoms with E-state index >= 15 is 0 Å². The minimum atomic E-state index is -0.767. The minimum absolute atomic E-state index is 0.0449. The fourth-order valence-corrected chi connectivity index (χ4v) is 2.10. The number of amides is 1. The first kappa shape index (κ1) is 17.3. The van der Waals surface area contributed by atoms with Gasteiger partial charge in [0, 0.05) is 6.07 Å². The van der Waals surface area contributed by atoms with Crippen molar-refractivity contribution in [2.45, 2.75) is 20.0 Å². The van der Waals surface area contributed by atoms with Crippen LogP contribution in [0.2, 0.25) is 0 Å². The SMILES string of the molecule is COc1ccc(O[C@H](C)C(=O)Nc2cccc([N+](=O)[O-])c2C)cc1. The molecule has 0 saturated heterocycles. The molecule has 24 heavy (non-hydrogen) atoms. The maximum absolute atomic E-state index is 12.2. The maximum Gasteiger partial charge on any atom is 0.274 e. The van der Waals surface area contributed by atoms with E-state index < -0.39 is 16.9 Å². The van der Waals surface area contributed by atoms with Crippen molar-refractivity contribution >= 4 is 17.3 Å². The lowest BCUT2D eigenvalue weighted by molar-refractivity contribution is -0.385. The van der Waals surface area contributed by atoms with E-state index in [1.54, 1.807) is 51.3 Å². The van der Waals surface area contributed by atoms with Crippen LogP contribution in [-0.4, -0.2) is 24.0 Å². The van der Waals surface area contributed by atoms with Crippen molar-refractivity contribution in [1.29, 1.82) is 0 Å². The third kappa shape index (κ3) is 4.01. The molecule has 0 spiro atoms. The lowest BCUT2D eigenvalue weighted by atomic mass is 10.1. The summed E-state index contributed by atoms with van der Waals surface area (Å²) >= 11 is 0. The highest BCUT2D eigenvalue weighted by molar-refractivity contribution is 5.95. The second-order valence-electron chi connectivity index (χ2n) is 5.13. The number of nitrogens with zero attached hydrogens (tertiary/aromatic N) is 1. The quantitative estimate of drug-likeness (QED) is 0.648. The Kier molecular flexibility index (Phi) is 5.36. The zero-order valence-corrected chi connectivity index (χ0v) is 13.6. The van der Waals surface area contributed by atoms with E-state index in [9.17, 15) is 14.9 Å². The van der Waals surface area contributed by atoms with Gasteiger partial charge in [-0.25, -0.2) is 0 Å². The van der Waals surface area contributed by atoms with Crippen molar-refractivity contribution in [1.82, 2.24) is 0 Å². The second kappa shape index (κ2) is 7.45. The number of ether oxygens (including phenoxy) is 2. The highest BCUT2D eigenvalue weighted by atomic mass is 16.6. The van der Waals surface area contributed by atoms with Crippen LogP contribution in [0.25, 0.3) is 0 Å². The topological polar surface area (TPSA) is 90.7 Å². The summed E-state index contributed by atoms with van der Waals surface area (Å²) in [5, 5.41) is 13.6. The summed E-state index contributed by atoms with van der Waals surface area (Å²) in [6.45, 7) is 3.19. The summed E-state index contributed by atoms with van der Waals surface area (Å²) in [5.41, 5.74) is 0.739. The van der Waals surface area contributed by atoms with E-state index in [2.05, 4.69) is 5.32 Å². The number of carbonyl (C=O) groups is 1. The molecule has 7 heteroatoms. The van der Waals surface area contributed by atoms with Crippen LogP contribution in [-0.2, 0) is 4.79 Å². The van der Waals surface area contributed by atoms with Gasteiger partial charge in [0.2, 0.25) is 0 Å². The van der Waals surface area contributed by atoms with Crippen molar-refractivity contribution in [2.24, 2.45) is 0 Å². The monoisotopic (exact) mass is 330 g/mol. The number of rotatable bonds is 6. The Balaban J connectivity index is 2.06. The highest BCUT2D eigenvalue weighted by Crippen LogP contribution is 2.25. The number of carbonyl (C=O) groups excluding carboxylic acids is 1. The van der Waals surface area contributed by atoms with Crippen LogP contribution in [0, 0.1) is 17.0 Å². The number of hydrogen-bond donors (Lipinski definition) is 1. The molecular weight excluding hydrogens is 312 g/mol. The molecule has 0 aliphatic heterocycles. The molecule has 2 aromatic carbocycles. The number of anilines is 1. The van der Waals surface area contributed by atoms with E-state index in [-0.39, 0.29) is 5.69 Å². The first-order chi connectivity index (χ1) is 11.4. The summed E-state index contributed by atoms with van der Waals surface area (Å²) in [5.74, 6) is 0.815. The number of nitro benzene ring substituents is 1. The first-order valence-electron chi connectivity index (χ1n) is 7.28. The molecule has 0 unspecified atom stereocenters. The van der Waals surface area contributed by atoms with Gasteiger partial charge in [-0.15, -0.1) is 0 Å². The van der Waals surface area contributed by atoms with E-state index in [0.717, 1.165) is 0 Å². The predicted octanol–water partition coefficient (Wildman–Crippen LogP) is 3.32. The molecule has 0 aliphatic carbocycles. The van der Waals surface area contributed by atoms with Gasteiger partial charge in [0.15, 0.2) is 6.10 Å². The zero-order valence-electron chi connectivity index (χ0n) is 13.6. The minimum Gasteiger partial charge on any atom is -0.497 e. The molecule has 0 fully saturated rings. The van der Waals surface area contributed by atoms with Crippen molar-refractivity contribution in [3.05, 3.63) is 58.1 Å². The van der Waals surface area contributed by atoms with Crippen LogP contribution < -0.4 is 14.8 Å². The molecule has 0 radical (unpaired) electrons. The van der Waals surface area contributed by atoms with Crippen molar-refractivity contribution < 1.29 is 19.2 Å². The van der Waals surface area contributed by atoms with E-state index in [1.165, 1.54) is 12.1 Å². The third-order valence-corrected chi connectivity index (χ3v) is 3.50. The Hall–Kier alpha value is -3.09. The van der Waals surface area contributed by atoms with E-state index in [1.807, 2.05) is 0 Å². The molecule has 1 atom stereocenters. The molecule has 2 rings (SSSR count). The molecular formula is C17H18N2O5. The van der Waals surface area contributed by atoms with Gasteiger partial charge < -0.3 is 14.8 Å². The van der Waals surface area contributed by atoms with Gasteiger partial charge >= 0.3 is 0 Å². The number of hydrogen-bond acceptors (Lipinski definition) is 5. The summed E-state index contributed by atoms with van der Waals surface area (Å²) in [7, 11) is 1.56. The maximum atomic E-state index is 12.2. The Labute approximate surface area is 139 Å². The molecule has 0 aromatic heterocycles. The lowest BCUT2D eigenvalue weighted by Gasteiger charge is -2.16. The Morgan fingerprint density at radius 2 is 1.79 bits per heavy atom. The van der Waals surface area contributed by atoms with Gasteiger partial charge in [0.25, 0.3) is 11.6 Å². The largest absolute Gasteiger partial charge is 0.497 e. The van der Waals surface area contributed by atoms with Crippen LogP contribution in [0.1, 0.15) is 12.5 Å². The fraction of sp³-hybridized carbons (Fsp3) is 0.235. The van der Waals surface area contributed by atoms with Crippen LogP contribution in [0.4, 0.5) is 11.4 Å². The Bertz CT molecular complexity index is 743. The van der Waals surface area contributed by atoms with Crippen LogP contribution in [0.5, 0.6) is 11.5 Å². The number of nitro groups is 1. The number of methoxy groups -OCH3 is 1. The third-order valence-electron chi connectivity index (χ3n) is 3.50. The molecule has 126 valence electrons. The normalized spacial score (nSPS) is 11.5. The molecule has 1 N–H and O–H groups in total. The predicted molar refractivity (Wildman–Crippen MR) is 89.5 cm³/mol. The Morgan fingerprint density at radius 1 is 1.17 bits per heavy atom. The van der Waals surface area contributed by atoms with Crippen molar-refractivity contribution in [3.63, 3.8) is 0 Å². The molecule has 2 aromatic rings. The molecule has 0 heterocycles. The van der Waals surface area contributed by atoms with Gasteiger partial charge in [-0.05, 0) is 44.2 Å². The van der Waals surface area contributed by atoms with Gasteiger partial charge in [0.1, 0.15) is 11.5 Å². The molecule has 1 amide bonds. The summed E-state index contributed by atoms with van der Waals surface area (Å²) < 4.78 is 10.6. The van der Waals surface area contributed by atoms with Crippen molar-refractivity contribution in [2.75, 3.05) is 12.4 Å². The number of nitrogens with one attached hydrogen (secondary N) is 1. The van der Waals surface area contributed by atoms with Gasteiger partial charge in [-0.2, -0.15) is 0 Å². The van der Waals surface area contributed by atoms with Crippen LogP contribution in [0.15, 0.2) is 42.5 Å². The van der Waals surface area contributed by atoms with Crippen LogP contribution >= 0.6 is 0 Å². The average Bonchev–Trinajstić information content (AvgIpc) is 2.57. The fourth-order valence-electron chi connectivity index (χ4n) is 2.10. The number of benzene rings is 2. The Morgan fingerprint density at radius 3 is 2.38 bits per heavy atom. The molecule has 0 aliphatic rings. The smallest absolute Gasteiger partial charge is 0.274 e. The molecule has 0 bridgehead atoms. The molecule has 7 nitrogen and oxygen atoms in total. The standard InChI is InChI=1S/C17H18N2O5/c1-11-15(5-4-6-16(11)19(21)22)18-17(20)12(2)24-14-9-7-13(23-3)8-10-14/h4-10,12H,1-3H3,(H,18,20)/t12-/m1/s1. The molecule has 0 saturated carbocycles. The highest BCUT2D eigenvalue weighted by Gasteiger charge is 2.19. The van der Waals surface area contributed by atoms with Crippen LogP contribution in [0.3, 0.4) is 0 Å². The summed E-state index contributed by atoms with van der Waals surface area (Å²) in [6, 6.07) is 11.4.